The summed E-state index contributed by atoms with van der Waals surface area (Å²) in [6.07, 6.45) is -1.01. The van der Waals surface area contributed by atoms with Crippen molar-refractivity contribution in [1.29, 1.82) is 0 Å². The Labute approximate surface area is 151 Å². The smallest absolute Gasteiger partial charge is 0.358 e. The summed E-state index contributed by atoms with van der Waals surface area (Å²) >= 11 is 2.86. The van der Waals surface area contributed by atoms with Gasteiger partial charge in [0.25, 0.3) is 5.91 Å². The molecular formula is C17H13FN2O3S2. The number of thiazole rings is 1. The van der Waals surface area contributed by atoms with Gasteiger partial charge in [-0.2, -0.15) is 0 Å². The van der Waals surface area contributed by atoms with Gasteiger partial charge >= 0.3 is 5.97 Å². The van der Waals surface area contributed by atoms with Crippen LogP contribution in [0.2, 0.25) is 0 Å². The van der Waals surface area contributed by atoms with E-state index < -0.39 is 23.8 Å². The van der Waals surface area contributed by atoms with E-state index in [1.54, 1.807) is 5.38 Å². The van der Waals surface area contributed by atoms with Crippen LogP contribution in [0.4, 0.5) is 10.1 Å². The Hall–Kier alpha value is -2.58. The molecule has 0 saturated heterocycles. The second-order valence-corrected chi connectivity index (χ2v) is 6.86. The quantitative estimate of drug-likeness (QED) is 0.678. The van der Waals surface area contributed by atoms with Crippen molar-refractivity contribution in [2.45, 2.75) is 13.0 Å². The van der Waals surface area contributed by atoms with Gasteiger partial charge in [0, 0.05) is 11.1 Å². The number of esters is 1. The summed E-state index contributed by atoms with van der Waals surface area (Å²) < 4.78 is 18.0. The fourth-order valence-electron chi connectivity index (χ4n) is 1.93. The van der Waals surface area contributed by atoms with Crippen LogP contribution in [-0.2, 0) is 9.53 Å². The van der Waals surface area contributed by atoms with Crippen LogP contribution in [0.3, 0.4) is 0 Å². The minimum Gasteiger partial charge on any atom is -0.448 e. The van der Waals surface area contributed by atoms with Gasteiger partial charge in [-0.3, -0.25) is 4.79 Å². The zero-order valence-corrected chi connectivity index (χ0v) is 14.7. The zero-order chi connectivity index (χ0) is 17.8. The number of nitrogens with one attached hydrogen (secondary N) is 1. The molecule has 3 aromatic rings. The summed E-state index contributed by atoms with van der Waals surface area (Å²) in [5.41, 5.74) is 0.581. The van der Waals surface area contributed by atoms with Crippen molar-refractivity contribution < 1.29 is 18.7 Å². The highest BCUT2D eigenvalue weighted by atomic mass is 32.1. The highest BCUT2D eigenvalue weighted by molar-refractivity contribution is 7.20. The lowest BCUT2D eigenvalue weighted by Gasteiger charge is -2.12. The maximum atomic E-state index is 12.9. The van der Waals surface area contributed by atoms with Gasteiger partial charge in [-0.15, -0.1) is 22.7 Å². The summed E-state index contributed by atoms with van der Waals surface area (Å²) in [5, 5.41) is 6.81. The molecule has 0 bridgehead atoms. The molecule has 1 N–H and O–H groups in total. The molecule has 0 spiro atoms. The summed E-state index contributed by atoms with van der Waals surface area (Å²) in [6.45, 7) is 1.46. The number of rotatable bonds is 5. The average Bonchev–Trinajstić information content (AvgIpc) is 3.28. The third-order valence-corrected chi connectivity index (χ3v) is 5.09. The average molecular weight is 376 g/mol. The number of hydrogen-bond acceptors (Lipinski definition) is 6. The molecule has 8 heteroatoms. The van der Waals surface area contributed by atoms with E-state index in [9.17, 15) is 14.0 Å². The second kappa shape index (κ2) is 7.54. The molecule has 0 aliphatic carbocycles. The molecule has 0 radical (unpaired) electrons. The van der Waals surface area contributed by atoms with Gasteiger partial charge in [0.1, 0.15) is 10.8 Å². The monoisotopic (exact) mass is 376 g/mol. The lowest BCUT2D eigenvalue weighted by molar-refractivity contribution is -0.123. The maximum absolute atomic E-state index is 12.9. The van der Waals surface area contributed by atoms with Crippen molar-refractivity contribution in [1.82, 2.24) is 4.98 Å². The van der Waals surface area contributed by atoms with Crippen LogP contribution >= 0.6 is 22.7 Å². The third kappa shape index (κ3) is 4.28. The first-order valence-electron chi connectivity index (χ1n) is 7.30. The molecule has 3 rings (SSSR count). The van der Waals surface area contributed by atoms with Crippen LogP contribution in [0.1, 0.15) is 17.4 Å². The molecule has 0 fully saturated rings. The van der Waals surface area contributed by atoms with Gasteiger partial charge in [0.05, 0.1) is 4.88 Å². The van der Waals surface area contributed by atoms with E-state index >= 15 is 0 Å². The van der Waals surface area contributed by atoms with E-state index in [2.05, 4.69) is 10.3 Å². The molecule has 0 unspecified atom stereocenters. The molecule has 25 heavy (non-hydrogen) atoms. The van der Waals surface area contributed by atoms with Crippen LogP contribution in [0.15, 0.2) is 47.2 Å². The van der Waals surface area contributed by atoms with Gasteiger partial charge in [-0.1, -0.05) is 6.07 Å². The molecule has 128 valence electrons. The second-order valence-electron chi connectivity index (χ2n) is 5.06. The highest BCUT2D eigenvalue weighted by Crippen LogP contribution is 2.28. The van der Waals surface area contributed by atoms with Crippen LogP contribution < -0.4 is 5.32 Å². The Kier molecular flexibility index (Phi) is 5.20. The molecule has 0 saturated carbocycles. The summed E-state index contributed by atoms with van der Waals surface area (Å²) in [7, 11) is 0. The Morgan fingerprint density at radius 3 is 2.64 bits per heavy atom. The Bertz CT molecular complexity index is 876. The van der Waals surface area contributed by atoms with Gasteiger partial charge in [0.15, 0.2) is 11.8 Å². The molecule has 0 aliphatic heterocycles. The number of ether oxygens (including phenoxy) is 1. The molecule has 2 heterocycles. The number of amides is 1. The Balaban J connectivity index is 1.60. The van der Waals surface area contributed by atoms with Gasteiger partial charge in [-0.05, 0) is 42.6 Å². The van der Waals surface area contributed by atoms with Crippen LogP contribution in [0.25, 0.3) is 9.88 Å². The lowest BCUT2D eigenvalue weighted by Crippen LogP contribution is -2.30. The van der Waals surface area contributed by atoms with Crippen molar-refractivity contribution in [3.8, 4) is 9.88 Å². The molecule has 2 aromatic heterocycles. The van der Waals surface area contributed by atoms with Crippen molar-refractivity contribution in [2.24, 2.45) is 0 Å². The molecule has 1 amide bonds. The van der Waals surface area contributed by atoms with Crippen molar-refractivity contribution in [2.75, 3.05) is 5.32 Å². The first-order valence-corrected chi connectivity index (χ1v) is 9.05. The van der Waals surface area contributed by atoms with E-state index in [0.717, 1.165) is 9.88 Å². The van der Waals surface area contributed by atoms with E-state index in [-0.39, 0.29) is 5.69 Å². The normalized spacial score (nSPS) is 11.8. The fraction of sp³-hybridized carbons (Fsp3) is 0.118. The lowest BCUT2D eigenvalue weighted by atomic mass is 10.3. The maximum Gasteiger partial charge on any atom is 0.358 e. The predicted molar refractivity (Wildman–Crippen MR) is 95.3 cm³/mol. The van der Waals surface area contributed by atoms with E-state index in [1.807, 2.05) is 17.5 Å². The number of nitrogens with zero attached hydrogens (tertiary/aromatic N) is 1. The van der Waals surface area contributed by atoms with Gasteiger partial charge in [0.2, 0.25) is 0 Å². The summed E-state index contributed by atoms with van der Waals surface area (Å²) in [6, 6.07) is 9.13. The molecule has 1 aromatic carbocycles. The number of halogens is 1. The largest absolute Gasteiger partial charge is 0.448 e. The minimum atomic E-state index is -1.01. The Morgan fingerprint density at radius 1 is 1.20 bits per heavy atom. The molecule has 0 aliphatic rings. The number of carbonyl (C=O) groups excluding carboxylic acids is 2. The first kappa shape index (κ1) is 17.2. The van der Waals surface area contributed by atoms with E-state index in [0.29, 0.717) is 5.69 Å². The van der Waals surface area contributed by atoms with Gasteiger partial charge in [-0.25, -0.2) is 14.2 Å². The Morgan fingerprint density at radius 2 is 1.96 bits per heavy atom. The fourth-order valence-corrected chi connectivity index (χ4v) is 3.54. The van der Waals surface area contributed by atoms with Crippen molar-refractivity contribution in [3.05, 3.63) is 58.7 Å². The number of carbonyl (C=O) groups is 2. The first-order chi connectivity index (χ1) is 12.0. The number of thiophene rings is 1. The molecule has 5 nitrogen and oxygen atoms in total. The minimum absolute atomic E-state index is 0.162. The predicted octanol–water partition coefficient (Wildman–Crippen LogP) is 4.19. The molecular weight excluding hydrogens is 363 g/mol. The number of hydrogen-bond donors (Lipinski definition) is 1. The van der Waals surface area contributed by atoms with Crippen molar-refractivity contribution in [3.63, 3.8) is 0 Å². The highest BCUT2D eigenvalue weighted by Gasteiger charge is 2.21. The summed E-state index contributed by atoms with van der Waals surface area (Å²) in [4.78, 5) is 29.4. The van der Waals surface area contributed by atoms with Crippen LogP contribution in [-0.4, -0.2) is 23.0 Å². The number of anilines is 1. The molecule has 1 atom stereocenters. The van der Waals surface area contributed by atoms with E-state index in [1.165, 1.54) is 53.9 Å². The van der Waals surface area contributed by atoms with Crippen molar-refractivity contribution >= 4 is 40.2 Å². The summed E-state index contributed by atoms with van der Waals surface area (Å²) in [5.74, 6) is -1.57. The van der Waals surface area contributed by atoms with Gasteiger partial charge < -0.3 is 10.1 Å². The topological polar surface area (TPSA) is 68.3 Å². The van der Waals surface area contributed by atoms with Crippen LogP contribution in [0.5, 0.6) is 0 Å². The van der Waals surface area contributed by atoms with Crippen LogP contribution in [0, 0.1) is 5.82 Å². The van der Waals surface area contributed by atoms with E-state index in [4.69, 9.17) is 4.74 Å². The zero-order valence-electron chi connectivity index (χ0n) is 13.1. The third-order valence-electron chi connectivity index (χ3n) is 3.21. The number of benzene rings is 1. The standard InChI is InChI=1S/C17H13FN2O3S2/c1-10(15(21)19-12-6-4-11(18)5-7-12)23-17(22)13-9-25-16(20-13)14-3-2-8-24-14/h2-10H,1H3,(H,19,21)/t10-/m0/s1. The SMILES string of the molecule is C[C@H](OC(=O)c1csc(-c2cccs2)n1)C(=O)Nc1ccc(F)cc1. The number of aromatic nitrogens is 1.